The van der Waals surface area contributed by atoms with Gasteiger partial charge < -0.3 is 4.74 Å². The van der Waals surface area contributed by atoms with Gasteiger partial charge >= 0.3 is 0 Å². The highest BCUT2D eigenvalue weighted by atomic mass is 79.9. The van der Waals surface area contributed by atoms with Gasteiger partial charge in [-0.3, -0.25) is 9.36 Å². The van der Waals surface area contributed by atoms with Crippen LogP contribution in [0.5, 0.6) is 5.75 Å². The van der Waals surface area contributed by atoms with Gasteiger partial charge in [0.05, 0.1) is 23.4 Å². The molecule has 0 spiro atoms. The maximum atomic E-state index is 14.0. The molecule has 1 atom stereocenters. The monoisotopic (exact) mass is 570 g/mol. The lowest BCUT2D eigenvalue weighted by Crippen LogP contribution is -2.38. The molecule has 186 valence electrons. The molecule has 4 aromatic rings. The first-order valence-corrected chi connectivity index (χ1v) is 14.1. The van der Waals surface area contributed by atoms with Crippen molar-refractivity contribution in [2.75, 3.05) is 7.11 Å². The number of nitrogens with zero attached hydrogens (tertiary/aromatic N) is 2. The quantitative estimate of drug-likeness (QED) is 0.292. The average Bonchev–Trinajstić information content (AvgIpc) is 3.22. The fourth-order valence-corrected chi connectivity index (χ4v) is 6.72. The van der Waals surface area contributed by atoms with E-state index in [9.17, 15) is 4.79 Å². The van der Waals surface area contributed by atoms with Crippen LogP contribution in [0.2, 0.25) is 0 Å². The smallest absolute Gasteiger partial charge is 0.271 e. The number of hydrogen-bond acceptors (Lipinski definition) is 4. The molecule has 1 aromatic heterocycles. The van der Waals surface area contributed by atoms with Crippen LogP contribution in [0.3, 0.4) is 0 Å². The molecule has 0 saturated heterocycles. The number of thiazole rings is 1. The van der Waals surface area contributed by atoms with E-state index in [0.717, 1.165) is 44.7 Å². The van der Waals surface area contributed by atoms with Gasteiger partial charge in [-0.15, -0.1) is 0 Å². The number of aromatic nitrogens is 1. The van der Waals surface area contributed by atoms with Gasteiger partial charge in [0.25, 0.3) is 5.56 Å². The highest BCUT2D eigenvalue weighted by molar-refractivity contribution is 9.10. The van der Waals surface area contributed by atoms with Gasteiger partial charge in [0.1, 0.15) is 5.75 Å². The van der Waals surface area contributed by atoms with Gasteiger partial charge in [-0.05, 0) is 65.3 Å². The summed E-state index contributed by atoms with van der Waals surface area (Å²) in [5, 5.41) is 0. The van der Waals surface area contributed by atoms with Crippen LogP contribution >= 0.6 is 27.3 Å². The largest absolute Gasteiger partial charge is 0.496 e. The predicted octanol–water partition coefficient (Wildman–Crippen LogP) is 6.21. The van der Waals surface area contributed by atoms with Crippen molar-refractivity contribution in [3.63, 3.8) is 0 Å². The standard InChI is InChI=1S/C31H27BrN2O2S/c1-18(2)19-8-10-21(11-9-19)29-25-14-12-20-6-4-5-7-24(20)28(25)33-31-34(29)30(35)27(37-31)17-22-16-23(32)13-15-26(22)36-3/h4-11,13,15-18,29H,12,14H2,1-3H3. The highest BCUT2D eigenvalue weighted by Gasteiger charge is 2.32. The van der Waals surface area contributed by atoms with Crippen molar-refractivity contribution in [3.8, 4) is 5.75 Å². The highest BCUT2D eigenvalue weighted by Crippen LogP contribution is 2.41. The fourth-order valence-electron chi connectivity index (χ4n) is 5.34. The van der Waals surface area contributed by atoms with Gasteiger partial charge in [0, 0.05) is 15.6 Å². The van der Waals surface area contributed by atoms with E-state index >= 15 is 0 Å². The third-order valence-corrected chi connectivity index (χ3v) is 8.75. The normalized spacial score (nSPS) is 16.8. The summed E-state index contributed by atoms with van der Waals surface area (Å²) in [6.45, 7) is 4.40. The third kappa shape index (κ3) is 4.22. The van der Waals surface area contributed by atoms with Crippen LogP contribution < -0.4 is 19.6 Å². The van der Waals surface area contributed by atoms with Crippen molar-refractivity contribution >= 4 is 39.0 Å². The molecule has 2 aliphatic rings. The number of aryl methyl sites for hydroxylation is 1. The van der Waals surface area contributed by atoms with Crippen molar-refractivity contribution in [2.45, 2.75) is 38.6 Å². The summed E-state index contributed by atoms with van der Waals surface area (Å²) in [7, 11) is 1.65. The number of halogens is 1. The van der Waals surface area contributed by atoms with E-state index in [-0.39, 0.29) is 11.6 Å². The van der Waals surface area contributed by atoms with E-state index in [4.69, 9.17) is 9.73 Å². The van der Waals surface area contributed by atoms with E-state index in [1.807, 2.05) is 28.8 Å². The van der Waals surface area contributed by atoms with E-state index in [2.05, 4.69) is 78.3 Å². The molecule has 1 unspecified atom stereocenters. The summed E-state index contributed by atoms with van der Waals surface area (Å²) >= 11 is 4.99. The van der Waals surface area contributed by atoms with E-state index in [1.54, 1.807) is 7.11 Å². The summed E-state index contributed by atoms with van der Waals surface area (Å²) < 4.78 is 9.04. The molecule has 3 aromatic carbocycles. The van der Waals surface area contributed by atoms with Crippen LogP contribution in [0, 0.1) is 0 Å². The molecule has 2 heterocycles. The number of rotatable bonds is 4. The molecule has 0 radical (unpaired) electrons. The minimum Gasteiger partial charge on any atom is -0.496 e. The SMILES string of the molecule is COc1ccc(Br)cc1C=c1sc2n(c1=O)C(c1ccc(C(C)C)cc1)C1=C(N=2)c2ccccc2CC1. The molecule has 6 heteroatoms. The zero-order valence-corrected chi connectivity index (χ0v) is 23.4. The summed E-state index contributed by atoms with van der Waals surface area (Å²) in [5.74, 6) is 1.18. The summed E-state index contributed by atoms with van der Waals surface area (Å²) in [6.07, 6.45) is 3.75. The Kier molecular flexibility index (Phi) is 6.25. The van der Waals surface area contributed by atoms with Crippen molar-refractivity contribution in [3.05, 3.63) is 124 Å². The molecule has 1 aliphatic heterocycles. The Morgan fingerprint density at radius 1 is 1.08 bits per heavy atom. The Hall–Kier alpha value is -3.22. The second kappa shape index (κ2) is 9.58. The molecule has 0 saturated carbocycles. The molecule has 0 fully saturated rings. The number of fused-ring (bicyclic) bond motifs is 3. The molecular formula is C31H27BrN2O2S. The number of allylic oxidation sites excluding steroid dienone is 1. The minimum atomic E-state index is -0.174. The molecule has 0 N–H and O–H groups in total. The van der Waals surface area contributed by atoms with Crippen molar-refractivity contribution in [2.24, 2.45) is 4.99 Å². The maximum Gasteiger partial charge on any atom is 0.271 e. The number of ether oxygens (including phenoxy) is 1. The molecular weight excluding hydrogens is 544 g/mol. The van der Waals surface area contributed by atoms with Crippen molar-refractivity contribution in [1.29, 1.82) is 0 Å². The lowest BCUT2D eigenvalue weighted by atomic mass is 9.83. The first-order valence-electron chi connectivity index (χ1n) is 12.5. The lowest BCUT2D eigenvalue weighted by molar-refractivity contribution is 0.413. The zero-order valence-electron chi connectivity index (χ0n) is 21.0. The van der Waals surface area contributed by atoms with E-state index in [1.165, 1.54) is 33.6 Å². The van der Waals surface area contributed by atoms with Gasteiger partial charge in [-0.1, -0.05) is 89.6 Å². The lowest BCUT2D eigenvalue weighted by Gasteiger charge is -2.31. The molecule has 1 aliphatic carbocycles. The van der Waals surface area contributed by atoms with Gasteiger partial charge in [-0.25, -0.2) is 4.99 Å². The first kappa shape index (κ1) is 24.1. The van der Waals surface area contributed by atoms with Crippen LogP contribution in [0.25, 0.3) is 11.8 Å². The van der Waals surface area contributed by atoms with E-state index < -0.39 is 0 Å². The Labute approximate surface area is 228 Å². The molecule has 37 heavy (non-hydrogen) atoms. The third-order valence-electron chi connectivity index (χ3n) is 7.27. The number of benzene rings is 3. The van der Waals surface area contributed by atoms with Crippen molar-refractivity contribution < 1.29 is 4.74 Å². The van der Waals surface area contributed by atoms with Crippen LogP contribution in [0.1, 0.15) is 60.0 Å². The topological polar surface area (TPSA) is 43.6 Å². The Morgan fingerprint density at radius 2 is 1.86 bits per heavy atom. The number of hydrogen-bond donors (Lipinski definition) is 0. The maximum absolute atomic E-state index is 14.0. The summed E-state index contributed by atoms with van der Waals surface area (Å²) in [6, 6.07) is 22.9. The molecule has 0 amide bonds. The average molecular weight is 572 g/mol. The second-order valence-corrected chi connectivity index (χ2v) is 11.7. The van der Waals surface area contributed by atoms with E-state index in [0.29, 0.717) is 10.5 Å². The minimum absolute atomic E-state index is 0.0193. The molecule has 6 rings (SSSR count). The van der Waals surface area contributed by atoms with Gasteiger partial charge in [0.15, 0.2) is 4.80 Å². The zero-order chi connectivity index (χ0) is 25.7. The first-order chi connectivity index (χ1) is 17.9. The fraction of sp³-hybridized carbons (Fsp3) is 0.226. The Balaban J connectivity index is 1.60. The van der Waals surface area contributed by atoms with Crippen LogP contribution in [-0.4, -0.2) is 11.7 Å². The summed E-state index contributed by atoms with van der Waals surface area (Å²) in [5.41, 5.74) is 7.99. The number of methoxy groups -OCH3 is 1. The molecule has 0 bridgehead atoms. The molecule has 4 nitrogen and oxygen atoms in total. The Bertz CT molecular complexity index is 1730. The predicted molar refractivity (Wildman–Crippen MR) is 154 cm³/mol. The van der Waals surface area contributed by atoms with Crippen LogP contribution in [-0.2, 0) is 6.42 Å². The van der Waals surface area contributed by atoms with Crippen LogP contribution in [0.4, 0.5) is 0 Å². The second-order valence-electron chi connectivity index (χ2n) is 9.82. The Morgan fingerprint density at radius 3 is 2.62 bits per heavy atom. The summed E-state index contributed by atoms with van der Waals surface area (Å²) in [4.78, 5) is 19.8. The van der Waals surface area contributed by atoms with Crippen LogP contribution in [0.15, 0.2) is 86.6 Å². The van der Waals surface area contributed by atoms with Gasteiger partial charge in [0.2, 0.25) is 0 Å². The van der Waals surface area contributed by atoms with Crippen molar-refractivity contribution in [1.82, 2.24) is 4.57 Å². The van der Waals surface area contributed by atoms with Gasteiger partial charge in [-0.2, -0.15) is 0 Å².